The first-order chi connectivity index (χ1) is 13.0. The molecule has 2 aliphatic rings. The fourth-order valence-corrected chi connectivity index (χ4v) is 3.60. The molecule has 0 atom stereocenters. The van der Waals surface area contributed by atoms with E-state index in [-0.39, 0.29) is 5.91 Å². The van der Waals surface area contributed by atoms with Gasteiger partial charge in [-0.05, 0) is 49.8 Å². The van der Waals surface area contributed by atoms with E-state index in [0.29, 0.717) is 31.4 Å². The molecule has 7 nitrogen and oxygen atoms in total. The van der Waals surface area contributed by atoms with Crippen molar-refractivity contribution in [2.45, 2.75) is 50.6 Å². The van der Waals surface area contributed by atoms with Crippen LogP contribution >= 0.6 is 0 Å². The monoisotopic (exact) mass is 369 g/mol. The van der Waals surface area contributed by atoms with Gasteiger partial charge in [0.15, 0.2) is 6.61 Å². The Morgan fingerprint density at radius 1 is 1.19 bits per heavy atom. The fourth-order valence-electron chi connectivity index (χ4n) is 3.60. The van der Waals surface area contributed by atoms with E-state index in [4.69, 9.17) is 4.74 Å². The van der Waals surface area contributed by atoms with Crippen molar-refractivity contribution in [3.8, 4) is 6.07 Å². The van der Waals surface area contributed by atoms with Gasteiger partial charge in [-0.1, -0.05) is 12.1 Å². The number of rotatable bonds is 6. The number of nitriles is 1. The summed E-state index contributed by atoms with van der Waals surface area (Å²) in [6.45, 7) is 0.890. The minimum absolute atomic E-state index is 0.155. The van der Waals surface area contributed by atoms with Crippen LogP contribution in [0.5, 0.6) is 0 Å². The molecule has 27 heavy (non-hydrogen) atoms. The third-order valence-corrected chi connectivity index (χ3v) is 5.12. The number of amides is 2. The van der Waals surface area contributed by atoms with Crippen molar-refractivity contribution in [2.24, 2.45) is 0 Å². The molecule has 1 aromatic rings. The molecule has 0 aromatic heterocycles. The lowest BCUT2D eigenvalue weighted by molar-refractivity contribution is -0.128. The Kier molecular flexibility index (Phi) is 5.75. The summed E-state index contributed by atoms with van der Waals surface area (Å²) in [5.74, 6) is -0.899. The Hall–Kier alpha value is -2.88. The van der Waals surface area contributed by atoms with Crippen LogP contribution in [0.15, 0.2) is 24.3 Å². The second-order valence-electron chi connectivity index (χ2n) is 7.14. The third-order valence-electron chi connectivity index (χ3n) is 5.12. The third kappa shape index (κ3) is 4.64. The molecular weight excluding hydrogens is 346 g/mol. The maximum Gasteiger partial charge on any atom is 0.338 e. The summed E-state index contributed by atoms with van der Waals surface area (Å²) >= 11 is 0. The van der Waals surface area contributed by atoms with E-state index in [1.807, 2.05) is 0 Å². The van der Waals surface area contributed by atoms with Crippen LogP contribution in [0.4, 0.5) is 0 Å². The van der Waals surface area contributed by atoms with Gasteiger partial charge in [-0.25, -0.2) is 4.79 Å². The topological polar surface area (TPSA) is 99.5 Å². The highest BCUT2D eigenvalue weighted by atomic mass is 16.5. The predicted octanol–water partition coefficient (Wildman–Crippen LogP) is 1.92. The highest BCUT2D eigenvalue weighted by molar-refractivity contribution is 5.91. The Bertz CT molecular complexity index is 760. The molecule has 0 spiro atoms. The highest BCUT2D eigenvalue weighted by Crippen LogP contribution is 2.28. The zero-order valence-corrected chi connectivity index (χ0v) is 15.2. The number of hydrogen-bond donors (Lipinski definition) is 1. The molecule has 1 saturated heterocycles. The number of benzene rings is 1. The maximum atomic E-state index is 12.1. The number of likely N-dealkylation sites (tertiary alicyclic amines) is 1. The van der Waals surface area contributed by atoms with E-state index < -0.39 is 24.0 Å². The molecule has 0 radical (unpaired) electrons. The molecule has 1 aliphatic heterocycles. The Morgan fingerprint density at radius 2 is 1.89 bits per heavy atom. The maximum absolute atomic E-state index is 12.1. The second-order valence-corrected chi connectivity index (χ2v) is 7.14. The van der Waals surface area contributed by atoms with E-state index in [1.54, 1.807) is 29.2 Å². The number of carbonyl (C=O) groups is 3. The van der Waals surface area contributed by atoms with Gasteiger partial charge in [0.25, 0.3) is 5.91 Å². The minimum atomic E-state index is -0.821. The summed E-state index contributed by atoms with van der Waals surface area (Å²) in [6, 6.07) is 8.99. The summed E-state index contributed by atoms with van der Waals surface area (Å²) in [5.41, 5.74) is 0.463. The molecule has 1 heterocycles. The van der Waals surface area contributed by atoms with Crippen LogP contribution in [0, 0.1) is 11.3 Å². The molecule has 1 saturated carbocycles. The SMILES string of the molecule is N#CC1(NC(=O)COC(=O)c2ccc(CN3CCCC3=O)cc2)CCCC1. The lowest BCUT2D eigenvalue weighted by Crippen LogP contribution is -2.46. The van der Waals surface area contributed by atoms with Crippen LogP contribution in [-0.2, 0) is 20.9 Å². The number of carbonyl (C=O) groups excluding carboxylic acids is 3. The summed E-state index contributed by atoms with van der Waals surface area (Å²) in [4.78, 5) is 37.6. The van der Waals surface area contributed by atoms with Crippen molar-refractivity contribution in [2.75, 3.05) is 13.2 Å². The molecule has 1 aliphatic carbocycles. The van der Waals surface area contributed by atoms with Gasteiger partial charge in [0.1, 0.15) is 5.54 Å². The van der Waals surface area contributed by atoms with E-state index in [0.717, 1.165) is 31.4 Å². The van der Waals surface area contributed by atoms with Crippen LogP contribution in [0.25, 0.3) is 0 Å². The largest absolute Gasteiger partial charge is 0.452 e. The Morgan fingerprint density at radius 3 is 2.48 bits per heavy atom. The predicted molar refractivity (Wildman–Crippen MR) is 96.3 cm³/mol. The van der Waals surface area contributed by atoms with E-state index in [9.17, 15) is 19.6 Å². The van der Waals surface area contributed by atoms with E-state index in [2.05, 4.69) is 11.4 Å². The van der Waals surface area contributed by atoms with Gasteiger partial charge in [-0.15, -0.1) is 0 Å². The van der Waals surface area contributed by atoms with Crippen molar-refractivity contribution in [1.82, 2.24) is 10.2 Å². The second kappa shape index (κ2) is 8.21. The van der Waals surface area contributed by atoms with Crippen molar-refractivity contribution < 1.29 is 19.1 Å². The molecule has 142 valence electrons. The molecule has 1 aromatic carbocycles. The van der Waals surface area contributed by atoms with Crippen molar-refractivity contribution >= 4 is 17.8 Å². The van der Waals surface area contributed by atoms with Crippen LogP contribution in [0.3, 0.4) is 0 Å². The number of hydrogen-bond acceptors (Lipinski definition) is 5. The summed E-state index contributed by atoms with van der Waals surface area (Å²) in [5, 5.41) is 12.0. The molecule has 3 rings (SSSR count). The van der Waals surface area contributed by atoms with Gasteiger partial charge in [-0.3, -0.25) is 9.59 Å². The van der Waals surface area contributed by atoms with Crippen LogP contribution in [0.2, 0.25) is 0 Å². The average molecular weight is 369 g/mol. The van der Waals surface area contributed by atoms with Gasteiger partial charge in [0.2, 0.25) is 5.91 Å². The number of esters is 1. The Labute approximate surface area is 158 Å². The van der Waals surface area contributed by atoms with Crippen LogP contribution < -0.4 is 5.32 Å². The quantitative estimate of drug-likeness (QED) is 0.772. The molecular formula is C20H23N3O4. The normalized spacial score (nSPS) is 18.2. The standard InChI is InChI=1S/C20H23N3O4/c21-14-20(9-1-2-10-20)22-17(24)13-27-19(26)16-7-5-15(6-8-16)12-23-11-3-4-18(23)25/h5-8H,1-4,9-13H2,(H,22,24). The number of ether oxygens (including phenoxy) is 1. The van der Waals surface area contributed by atoms with Gasteiger partial charge < -0.3 is 15.0 Å². The van der Waals surface area contributed by atoms with E-state index >= 15 is 0 Å². The lowest BCUT2D eigenvalue weighted by Gasteiger charge is -2.21. The summed E-state index contributed by atoms with van der Waals surface area (Å²) in [6.07, 6.45) is 4.55. The summed E-state index contributed by atoms with van der Waals surface area (Å²) < 4.78 is 5.06. The Balaban J connectivity index is 1.48. The molecule has 2 fully saturated rings. The number of nitrogens with one attached hydrogen (secondary N) is 1. The van der Waals surface area contributed by atoms with Gasteiger partial charge in [0, 0.05) is 19.5 Å². The van der Waals surface area contributed by atoms with Crippen molar-refractivity contribution in [3.05, 3.63) is 35.4 Å². The summed E-state index contributed by atoms with van der Waals surface area (Å²) in [7, 11) is 0. The smallest absolute Gasteiger partial charge is 0.338 e. The van der Waals surface area contributed by atoms with Crippen LogP contribution in [0.1, 0.15) is 54.4 Å². The number of nitrogens with zero attached hydrogens (tertiary/aromatic N) is 2. The fraction of sp³-hybridized carbons (Fsp3) is 0.500. The first kappa shape index (κ1) is 18.9. The van der Waals surface area contributed by atoms with Gasteiger partial charge >= 0.3 is 5.97 Å². The molecule has 7 heteroatoms. The van der Waals surface area contributed by atoms with Crippen molar-refractivity contribution in [3.63, 3.8) is 0 Å². The van der Waals surface area contributed by atoms with Gasteiger partial charge in [-0.2, -0.15) is 5.26 Å². The highest BCUT2D eigenvalue weighted by Gasteiger charge is 2.35. The first-order valence-corrected chi connectivity index (χ1v) is 9.27. The van der Waals surface area contributed by atoms with E-state index in [1.165, 1.54) is 0 Å². The van der Waals surface area contributed by atoms with Crippen LogP contribution in [-0.4, -0.2) is 41.4 Å². The molecule has 0 bridgehead atoms. The molecule has 0 unspecified atom stereocenters. The zero-order chi connectivity index (χ0) is 19.3. The zero-order valence-electron chi connectivity index (χ0n) is 15.2. The molecule has 1 N–H and O–H groups in total. The average Bonchev–Trinajstić information content (AvgIpc) is 3.30. The lowest BCUT2D eigenvalue weighted by atomic mass is 10.00. The molecule has 2 amide bonds. The van der Waals surface area contributed by atoms with Gasteiger partial charge in [0.05, 0.1) is 11.6 Å². The minimum Gasteiger partial charge on any atom is -0.452 e. The first-order valence-electron chi connectivity index (χ1n) is 9.27. The van der Waals surface area contributed by atoms with Crippen molar-refractivity contribution in [1.29, 1.82) is 5.26 Å².